The molecule has 0 radical (unpaired) electrons. The van der Waals surface area contributed by atoms with Gasteiger partial charge in [0, 0.05) is 5.69 Å². The molecule has 1 amide bonds. The molecule has 0 bridgehead atoms. The van der Waals surface area contributed by atoms with Crippen LogP contribution >= 0.6 is 23.2 Å². The van der Waals surface area contributed by atoms with E-state index in [1.807, 2.05) is 0 Å². The van der Waals surface area contributed by atoms with Gasteiger partial charge in [0.1, 0.15) is 5.88 Å². The first-order valence-corrected chi connectivity index (χ1v) is 4.45. The molecule has 0 fully saturated rings. The highest BCUT2D eigenvalue weighted by atomic mass is 35.5. The van der Waals surface area contributed by atoms with E-state index in [1.54, 1.807) is 18.2 Å². The first-order valence-electron chi connectivity index (χ1n) is 3.54. The van der Waals surface area contributed by atoms with E-state index in [0.717, 1.165) is 0 Å². The van der Waals surface area contributed by atoms with E-state index in [-0.39, 0.29) is 11.8 Å². The van der Waals surface area contributed by atoms with E-state index in [4.69, 9.17) is 28.9 Å². The fraction of sp³-hybridized carbons (Fsp3) is 0.125. The predicted octanol–water partition coefficient (Wildman–Crippen LogP) is 2.10. The molecule has 0 unspecified atom stereocenters. The van der Waals surface area contributed by atoms with Crippen LogP contribution in [0.25, 0.3) is 0 Å². The lowest BCUT2D eigenvalue weighted by atomic mass is 10.3. The molecule has 3 N–H and O–H groups in total. The summed E-state index contributed by atoms with van der Waals surface area (Å²) in [7, 11) is 0. The molecule has 0 aromatic heterocycles. The van der Waals surface area contributed by atoms with E-state index >= 15 is 0 Å². The van der Waals surface area contributed by atoms with Crippen molar-refractivity contribution in [1.82, 2.24) is 0 Å². The van der Waals surface area contributed by atoms with Crippen LogP contribution in [0, 0.1) is 0 Å². The van der Waals surface area contributed by atoms with Gasteiger partial charge >= 0.3 is 0 Å². The zero-order valence-electron chi connectivity index (χ0n) is 6.68. The molecule has 1 aromatic carbocycles. The smallest absolute Gasteiger partial charge is 0.239 e. The van der Waals surface area contributed by atoms with Crippen LogP contribution in [0.5, 0.6) is 0 Å². The van der Waals surface area contributed by atoms with Gasteiger partial charge in [0.05, 0.1) is 10.7 Å². The van der Waals surface area contributed by atoms with Crippen molar-refractivity contribution in [2.24, 2.45) is 0 Å². The Balaban J connectivity index is 2.83. The average molecular weight is 219 g/mol. The van der Waals surface area contributed by atoms with Crippen LogP contribution in [0.2, 0.25) is 5.02 Å². The van der Waals surface area contributed by atoms with Gasteiger partial charge in [0.25, 0.3) is 0 Å². The second-order valence-corrected chi connectivity index (χ2v) is 3.10. The Labute approximate surface area is 85.8 Å². The van der Waals surface area contributed by atoms with Crippen LogP contribution < -0.4 is 11.1 Å². The van der Waals surface area contributed by atoms with Gasteiger partial charge in [-0.15, -0.1) is 11.6 Å². The van der Waals surface area contributed by atoms with Crippen molar-refractivity contribution in [1.29, 1.82) is 0 Å². The van der Waals surface area contributed by atoms with Gasteiger partial charge in [-0.05, 0) is 18.2 Å². The normalized spacial score (nSPS) is 9.69. The van der Waals surface area contributed by atoms with E-state index in [9.17, 15) is 4.79 Å². The molecule has 70 valence electrons. The van der Waals surface area contributed by atoms with Crippen molar-refractivity contribution in [3.05, 3.63) is 23.2 Å². The molecule has 0 aliphatic heterocycles. The maximum Gasteiger partial charge on any atom is 0.239 e. The fourth-order valence-electron chi connectivity index (χ4n) is 0.816. The third-order valence-corrected chi connectivity index (χ3v) is 1.94. The summed E-state index contributed by atoms with van der Waals surface area (Å²) < 4.78 is 0. The van der Waals surface area contributed by atoms with E-state index < -0.39 is 0 Å². The average Bonchev–Trinajstić information content (AvgIpc) is 2.09. The third-order valence-electron chi connectivity index (χ3n) is 1.39. The van der Waals surface area contributed by atoms with Crippen LogP contribution in [0.3, 0.4) is 0 Å². The first kappa shape index (κ1) is 10.2. The number of rotatable bonds is 2. The zero-order valence-corrected chi connectivity index (χ0v) is 8.19. The molecule has 1 rings (SSSR count). The van der Waals surface area contributed by atoms with Gasteiger partial charge in [-0.3, -0.25) is 4.79 Å². The van der Waals surface area contributed by atoms with Crippen LogP contribution in [-0.4, -0.2) is 11.8 Å². The molecule has 5 heteroatoms. The number of nitrogens with two attached hydrogens (primary N) is 1. The minimum atomic E-state index is -0.298. The Kier molecular flexibility index (Phi) is 3.39. The van der Waals surface area contributed by atoms with Crippen molar-refractivity contribution in [3.8, 4) is 0 Å². The molecule has 0 aliphatic carbocycles. The quantitative estimate of drug-likeness (QED) is 0.591. The van der Waals surface area contributed by atoms with Crippen LogP contribution in [0.1, 0.15) is 0 Å². The number of halogens is 2. The molecule has 0 saturated heterocycles. The maximum atomic E-state index is 10.9. The SMILES string of the molecule is Nc1ccc(NC(=O)CCl)c(Cl)c1. The summed E-state index contributed by atoms with van der Waals surface area (Å²) in [5.74, 6) is -0.394. The topological polar surface area (TPSA) is 55.1 Å². The summed E-state index contributed by atoms with van der Waals surface area (Å²) in [6, 6.07) is 4.84. The summed E-state index contributed by atoms with van der Waals surface area (Å²) in [6.45, 7) is 0. The van der Waals surface area contributed by atoms with E-state index in [2.05, 4.69) is 5.32 Å². The zero-order chi connectivity index (χ0) is 9.84. The third kappa shape index (κ3) is 2.79. The minimum absolute atomic E-state index is 0.0965. The van der Waals surface area contributed by atoms with Crippen molar-refractivity contribution in [3.63, 3.8) is 0 Å². The van der Waals surface area contributed by atoms with Crippen LogP contribution in [-0.2, 0) is 4.79 Å². The van der Waals surface area contributed by atoms with Crippen molar-refractivity contribution < 1.29 is 4.79 Å². The Bertz CT molecular complexity index is 328. The second kappa shape index (κ2) is 4.35. The summed E-state index contributed by atoms with van der Waals surface area (Å²) in [4.78, 5) is 10.9. The number of carbonyl (C=O) groups excluding carboxylic acids is 1. The van der Waals surface area contributed by atoms with Gasteiger partial charge in [0.2, 0.25) is 5.91 Å². The number of alkyl halides is 1. The largest absolute Gasteiger partial charge is 0.399 e. The summed E-state index contributed by atoms with van der Waals surface area (Å²) in [6.07, 6.45) is 0. The maximum absolute atomic E-state index is 10.9. The van der Waals surface area contributed by atoms with Crippen molar-refractivity contribution >= 4 is 40.5 Å². The first-order chi connectivity index (χ1) is 6.13. The number of hydrogen-bond donors (Lipinski definition) is 2. The molecule has 0 heterocycles. The molecule has 0 saturated carbocycles. The van der Waals surface area contributed by atoms with Gasteiger partial charge in [-0.1, -0.05) is 11.6 Å². The number of benzene rings is 1. The Morgan fingerprint density at radius 3 is 2.77 bits per heavy atom. The Morgan fingerprint density at radius 1 is 1.54 bits per heavy atom. The highest BCUT2D eigenvalue weighted by molar-refractivity contribution is 6.35. The monoisotopic (exact) mass is 218 g/mol. The minimum Gasteiger partial charge on any atom is -0.399 e. The highest BCUT2D eigenvalue weighted by Gasteiger charge is 2.03. The summed E-state index contributed by atoms with van der Waals surface area (Å²) >= 11 is 11.1. The number of amides is 1. The Morgan fingerprint density at radius 2 is 2.23 bits per heavy atom. The number of carbonyl (C=O) groups is 1. The highest BCUT2D eigenvalue weighted by Crippen LogP contribution is 2.23. The van der Waals surface area contributed by atoms with Gasteiger partial charge in [-0.2, -0.15) is 0 Å². The van der Waals surface area contributed by atoms with E-state index in [1.165, 1.54) is 0 Å². The lowest BCUT2D eigenvalue weighted by Crippen LogP contribution is -2.12. The molecule has 1 aromatic rings. The summed E-state index contributed by atoms with van der Waals surface area (Å²) in [5.41, 5.74) is 6.53. The van der Waals surface area contributed by atoms with Crippen molar-refractivity contribution in [2.75, 3.05) is 16.9 Å². The van der Waals surface area contributed by atoms with E-state index in [0.29, 0.717) is 16.4 Å². The van der Waals surface area contributed by atoms with Gasteiger partial charge in [-0.25, -0.2) is 0 Å². The number of anilines is 2. The van der Waals surface area contributed by atoms with Crippen LogP contribution in [0.4, 0.5) is 11.4 Å². The Hall–Kier alpha value is -0.930. The van der Waals surface area contributed by atoms with Gasteiger partial charge < -0.3 is 11.1 Å². The number of nitrogen functional groups attached to an aromatic ring is 1. The second-order valence-electron chi connectivity index (χ2n) is 2.42. The predicted molar refractivity (Wildman–Crippen MR) is 55.2 cm³/mol. The molecule has 0 aliphatic rings. The lowest BCUT2D eigenvalue weighted by Gasteiger charge is -2.05. The molecule has 13 heavy (non-hydrogen) atoms. The molecule has 3 nitrogen and oxygen atoms in total. The number of hydrogen-bond acceptors (Lipinski definition) is 2. The lowest BCUT2D eigenvalue weighted by molar-refractivity contribution is -0.113. The molecule has 0 atom stereocenters. The van der Waals surface area contributed by atoms with Crippen LogP contribution in [0.15, 0.2) is 18.2 Å². The van der Waals surface area contributed by atoms with Crippen molar-refractivity contribution in [2.45, 2.75) is 0 Å². The molecular formula is C8H8Cl2N2O. The standard InChI is InChI=1S/C8H8Cl2N2O/c9-4-8(13)12-7-2-1-5(11)3-6(7)10/h1-3H,4,11H2,(H,12,13). The van der Waals surface area contributed by atoms with Gasteiger partial charge in [0.15, 0.2) is 0 Å². The number of nitrogens with one attached hydrogen (secondary N) is 1. The summed E-state index contributed by atoms with van der Waals surface area (Å²) in [5, 5.41) is 2.93. The molecular weight excluding hydrogens is 211 g/mol. The fourth-order valence-corrected chi connectivity index (χ4v) is 1.12. The molecule has 0 spiro atoms.